The highest BCUT2D eigenvalue weighted by atomic mass is 35.5. The van der Waals surface area contributed by atoms with E-state index >= 15 is 0 Å². The van der Waals surface area contributed by atoms with Crippen LogP contribution in [0.25, 0.3) is 0 Å². The van der Waals surface area contributed by atoms with Crippen LogP contribution >= 0.6 is 11.6 Å². The Balaban J connectivity index is 2.84. The highest BCUT2D eigenvalue weighted by Crippen LogP contribution is 2.32. The van der Waals surface area contributed by atoms with Crippen molar-refractivity contribution < 1.29 is 9.50 Å². The zero-order valence-electron chi connectivity index (χ0n) is 10.6. The quantitative estimate of drug-likeness (QED) is 0.661. The topological polar surface area (TPSA) is 20.2 Å². The van der Waals surface area contributed by atoms with Gasteiger partial charge in [0.05, 0.1) is 5.88 Å². The third-order valence-corrected chi connectivity index (χ3v) is 5.91. The number of rotatable bonds is 4. The summed E-state index contributed by atoms with van der Waals surface area (Å²) in [6, 6.07) is 6.69. The second kappa shape index (κ2) is 5.51. The standard InChI is InChI=1S/C13H20ClFOSi/c1-12(2,3)17-9-13(16,8-14)10-4-6-11(15)7-5-10/h4-7,16H,8-9,17H2,1-3H3. The normalized spacial score (nSPS) is 16.4. The van der Waals surface area contributed by atoms with Crippen LogP contribution in [0, 0.1) is 5.82 Å². The van der Waals surface area contributed by atoms with Crippen molar-refractivity contribution in [2.45, 2.75) is 37.5 Å². The molecule has 17 heavy (non-hydrogen) atoms. The van der Waals surface area contributed by atoms with Gasteiger partial charge in [-0.3, -0.25) is 0 Å². The third-order valence-electron chi connectivity index (χ3n) is 2.89. The zero-order chi connectivity index (χ0) is 13.1. The first-order valence-electron chi connectivity index (χ1n) is 5.81. The molecule has 1 rings (SSSR count). The van der Waals surface area contributed by atoms with Gasteiger partial charge in [-0.1, -0.05) is 32.9 Å². The molecule has 0 aromatic heterocycles. The highest BCUT2D eigenvalue weighted by Gasteiger charge is 2.30. The Morgan fingerprint density at radius 3 is 2.18 bits per heavy atom. The van der Waals surface area contributed by atoms with E-state index in [0.29, 0.717) is 11.6 Å². The van der Waals surface area contributed by atoms with Gasteiger partial charge < -0.3 is 5.11 Å². The van der Waals surface area contributed by atoms with E-state index < -0.39 is 15.1 Å². The molecule has 1 aromatic rings. The third kappa shape index (κ3) is 4.41. The minimum atomic E-state index is -1.01. The van der Waals surface area contributed by atoms with Crippen molar-refractivity contribution in [1.82, 2.24) is 0 Å². The molecule has 0 aliphatic heterocycles. The Morgan fingerprint density at radius 1 is 1.24 bits per heavy atom. The van der Waals surface area contributed by atoms with E-state index in [-0.39, 0.29) is 16.7 Å². The van der Waals surface area contributed by atoms with Gasteiger partial charge in [-0.2, -0.15) is 0 Å². The average Bonchev–Trinajstić information content (AvgIpc) is 2.26. The van der Waals surface area contributed by atoms with Crippen molar-refractivity contribution in [3.63, 3.8) is 0 Å². The van der Waals surface area contributed by atoms with Gasteiger partial charge in [0.25, 0.3) is 0 Å². The van der Waals surface area contributed by atoms with Gasteiger partial charge in [-0.05, 0) is 28.8 Å². The molecule has 0 saturated carbocycles. The molecule has 0 amide bonds. The molecule has 0 fully saturated rings. The van der Waals surface area contributed by atoms with Crippen molar-refractivity contribution in [1.29, 1.82) is 0 Å². The van der Waals surface area contributed by atoms with Crippen LogP contribution in [0.3, 0.4) is 0 Å². The van der Waals surface area contributed by atoms with Gasteiger partial charge in [-0.15, -0.1) is 11.6 Å². The molecular formula is C13H20ClFOSi. The summed E-state index contributed by atoms with van der Waals surface area (Å²) in [5, 5.41) is 10.8. The minimum absolute atomic E-state index is 0.154. The molecule has 0 spiro atoms. The van der Waals surface area contributed by atoms with Crippen LogP contribution in [0.15, 0.2) is 24.3 Å². The van der Waals surface area contributed by atoms with Gasteiger partial charge in [0, 0.05) is 9.52 Å². The van der Waals surface area contributed by atoms with Crippen LogP contribution in [-0.2, 0) is 5.60 Å². The van der Waals surface area contributed by atoms with Crippen molar-refractivity contribution in [2.24, 2.45) is 0 Å². The number of aliphatic hydroxyl groups is 1. The number of halogens is 2. The van der Waals surface area contributed by atoms with Crippen molar-refractivity contribution in [3.8, 4) is 0 Å². The van der Waals surface area contributed by atoms with E-state index in [1.54, 1.807) is 12.1 Å². The van der Waals surface area contributed by atoms with Crippen molar-refractivity contribution >= 4 is 21.1 Å². The lowest BCUT2D eigenvalue weighted by Crippen LogP contribution is -2.31. The monoisotopic (exact) mass is 274 g/mol. The second-order valence-corrected chi connectivity index (χ2v) is 9.12. The molecule has 0 saturated heterocycles. The van der Waals surface area contributed by atoms with Crippen molar-refractivity contribution in [3.05, 3.63) is 35.6 Å². The summed E-state index contributed by atoms with van der Waals surface area (Å²) in [5.74, 6) is -0.138. The SMILES string of the molecule is CC(C)(C)[SiH2]CC(O)(CCl)c1ccc(F)cc1. The van der Waals surface area contributed by atoms with Crippen LogP contribution in [0.4, 0.5) is 4.39 Å². The number of hydrogen-bond acceptors (Lipinski definition) is 1. The molecule has 1 aromatic carbocycles. The maximum absolute atomic E-state index is 12.8. The molecule has 0 heterocycles. The lowest BCUT2D eigenvalue weighted by atomic mass is 9.98. The first kappa shape index (κ1) is 14.7. The fourth-order valence-corrected chi connectivity index (χ4v) is 3.77. The molecule has 1 unspecified atom stereocenters. The fraction of sp³-hybridized carbons (Fsp3) is 0.538. The predicted octanol–water partition coefficient (Wildman–Crippen LogP) is 3.06. The number of hydrogen-bond donors (Lipinski definition) is 1. The Labute approximate surface area is 110 Å². The fourth-order valence-electron chi connectivity index (χ4n) is 1.63. The smallest absolute Gasteiger partial charge is 0.123 e. The Bertz CT molecular complexity index is 361. The summed E-state index contributed by atoms with van der Waals surface area (Å²) in [4.78, 5) is 0. The predicted molar refractivity (Wildman–Crippen MR) is 74.1 cm³/mol. The molecule has 4 heteroatoms. The summed E-state index contributed by atoms with van der Waals surface area (Å²) >= 11 is 5.89. The number of alkyl halides is 1. The van der Waals surface area contributed by atoms with E-state index in [2.05, 4.69) is 20.8 Å². The maximum Gasteiger partial charge on any atom is 0.123 e. The minimum Gasteiger partial charge on any atom is -0.384 e. The van der Waals surface area contributed by atoms with Gasteiger partial charge >= 0.3 is 0 Å². The van der Waals surface area contributed by atoms with Gasteiger partial charge in [-0.25, -0.2) is 4.39 Å². The van der Waals surface area contributed by atoms with Gasteiger partial charge in [0.15, 0.2) is 0 Å². The first-order valence-corrected chi connectivity index (χ1v) is 8.05. The van der Waals surface area contributed by atoms with Gasteiger partial charge in [0.2, 0.25) is 0 Å². The summed E-state index contributed by atoms with van der Waals surface area (Å²) in [5.41, 5.74) is -0.292. The van der Waals surface area contributed by atoms with E-state index in [0.717, 1.165) is 0 Å². The summed E-state index contributed by atoms with van der Waals surface area (Å²) in [6.45, 7) is 6.54. The molecule has 1 atom stereocenters. The summed E-state index contributed by atoms with van der Waals surface area (Å²) < 4.78 is 12.8. The van der Waals surface area contributed by atoms with E-state index in [1.165, 1.54) is 12.1 Å². The second-order valence-electron chi connectivity index (χ2n) is 5.73. The summed E-state index contributed by atoms with van der Waals surface area (Å²) in [7, 11) is -0.447. The Hall–Kier alpha value is -0.383. The van der Waals surface area contributed by atoms with Crippen LogP contribution in [0.1, 0.15) is 26.3 Å². The molecule has 0 radical (unpaired) electrons. The maximum atomic E-state index is 12.8. The molecule has 0 aliphatic carbocycles. The lowest BCUT2D eigenvalue weighted by Gasteiger charge is -2.29. The lowest BCUT2D eigenvalue weighted by molar-refractivity contribution is 0.0816. The zero-order valence-corrected chi connectivity index (χ0v) is 12.8. The Kier molecular flexibility index (Phi) is 4.75. The molecule has 96 valence electrons. The van der Waals surface area contributed by atoms with E-state index in [9.17, 15) is 9.50 Å². The van der Waals surface area contributed by atoms with Crippen LogP contribution in [0.5, 0.6) is 0 Å². The van der Waals surface area contributed by atoms with Crippen LogP contribution < -0.4 is 0 Å². The largest absolute Gasteiger partial charge is 0.384 e. The molecule has 0 aliphatic rings. The van der Waals surface area contributed by atoms with E-state index in [4.69, 9.17) is 11.6 Å². The highest BCUT2D eigenvalue weighted by molar-refractivity contribution is 6.40. The average molecular weight is 275 g/mol. The van der Waals surface area contributed by atoms with Gasteiger partial charge in [0.1, 0.15) is 11.4 Å². The van der Waals surface area contributed by atoms with Crippen LogP contribution in [0.2, 0.25) is 11.1 Å². The van der Waals surface area contributed by atoms with Crippen molar-refractivity contribution in [2.75, 3.05) is 5.88 Å². The molecule has 1 N–H and O–H groups in total. The summed E-state index contributed by atoms with van der Waals surface area (Å²) in [6.07, 6.45) is 0. The molecular weight excluding hydrogens is 255 g/mol. The first-order chi connectivity index (χ1) is 7.77. The number of benzene rings is 1. The molecule has 1 nitrogen and oxygen atoms in total. The van der Waals surface area contributed by atoms with E-state index in [1.807, 2.05) is 0 Å². The molecule has 0 bridgehead atoms. The Morgan fingerprint density at radius 2 is 1.76 bits per heavy atom. The van der Waals surface area contributed by atoms with Crippen LogP contribution in [-0.4, -0.2) is 20.5 Å².